The fourth-order valence-electron chi connectivity index (χ4n) is 5.28. The smallest absolute Gasteiger partial charge is 0.220 e. The van der Waals surface area contributed by atoms with E-state index in [9.17, 15) is 4.79 Å². The number of nitrogens with one attached hydrogen (secondary N) is 1. The number of piperidine rings is 1. The molecule has 1 N–H and O–H groups in total. The number of hydrogen-bond acceptors (Lipinski definition) is 2. The van der Waals surface area contributed by atoms with Crippen molar-refractivity contribution >= 4 is 5.91 Å². The predicted molar refractivity (Wildman–Crippen MR) is 101 cm³/mol. The number of carbonyl (C=O) groups excluding carboxylic acids is 1. The summed E-state index contributed by atoms with van der Waals surface area (Å²) < 4.78 is 0. The normalized spacial score (nSPS) is 29.0. The Labute approximate surface area is 152 Å². The minimum atomic E-state index is 0.245. The molecular weight excluding hydrogens is 308 g/mol. The average molecular weight is 341 g/mol. The minimum Gasteiger partial charge on any atom is -0.352 e. The second-order valence-corrected chi connectivity index (χ2v) is 8.57. The van der Waals surface area contributed by atoms with Gasteiger partial charge in [0.25, 0.3) is 0 Å². The molecule has 3 atom stereocenters. The van der Waals surface area contributed by atoms with Crippen LogP contribution in [0.1, 0.15) is 62.5 Å². The summed E-state index contributed by atoms with van der Waals surface area (Å²) in [6.07, 6.45) is 10.3. The number of likely N-dealkylation sites (tertiary alicyclic amines) is 1. The summed E-state index contributed by atoms with van der Waals surface area (Å²) in [7, 11) is 0. The maximum Gasteiger partial charge on any atom is 0.220 e. The van der Waals surface area contributed by atoms with Gasteiger partial charge in [-0.2, -0.15) is 0 Å². The topological polar surface area (TPSA) is 32.3 Å². The van der Waals surface area contributed by atoms with E-state index in [1.807, 2.05) is 0 Å². The number of carbonyl (C=O) groups is 1. The van der Waals surface area contributed by atoms with Gasteiger partial charge >= 0.3 is 0 Å². The Bertz CT molecular complexity index is 576. The summed E-state index contributed by atoms with van der Waals surface area (Å²) >= 11 is 0. The molecule has 2 bridgehead atoms. The van der Waals surface area contributed by atoms with Crippen LogP contribution in [0.2, 0.25) is 0 Å². The highest BCUT2D eigenvalue weighted by Gasteiger charge is 2.39. The molecule has 25 heavy (non-hydrogen) atoms. The quantitative estimate of drug-likeness (QED) is 0.845. The summed E-state index contributed by atoms with van der Waals surface area (Å²) in [5, 5.41) is 3.14. The van der Waals surface area contributed by atoms with Gasteiger partial charge in [-0.25, -0.2) is 0 Å². The first-order valence-electron chi connectivity index (χ1n) is 10.3. The van der Waals surface area contributed by atoms with Gasteiger partial charge in [-0.1, -0.05) is 37.1 Å². The molecule has 0 radical (unpaired) electrons. The van der Waals surface area contributed by atoms with E-state index in [-0.39, 0.29) is 5.91 Å². The third kappa shape index (κ3) is 4.44. The molecule has 4 rings (SSSR count). The van der Waals surface area contributed by atoms with Gasteiger partial charge < -0.3 is 5.32 Å². The molecule has 0 spiro atoms. The van der Waals surface area contributed by atoms with Crippen LogP contribution in [0.4, 0.5) is 0 Å². The summed E-state index contributed by atoms with van der Waals surface area (Å²) in [5.74, 6) is 2.67. The predicted octanol–water partition coefficient (Wildman–Crippen LogP) is 4.12. The molecule has 1 aromatic carbocycles. The van der Waals surface area contributed by atoms with Crippen LogP contribution in [-0.4, -0.2) is 23.9 Å². The van der Waals surface area contributed by atoms with Gasteiger partial charge in [0.15, 0.2) is 0 Å². The highest BCUT2D eigenvalue weighted by molar-refractivity contribution is 5.76. The van der Waals surface area contributed by atoms with E-state index in [4.69, 9.17) is 0 Å². The summed E-state index contributed by atoms with van der Waals surface area (Å²) in [6, 6.07) is 8.81. The number of benzene rings is 1. The number of hydrogen-bond donors (Lipinski definition) is 1. The zero-order valence-electron chi connectivity index (χ0n) is 15.4. The Morgan fingerprint density at radius 2 is 1.76 bits per heavy atom. The lowest BCUT2D eigenvalue weighted by atomic mass is 9.86. The fraction of sp³-hybridized carbons (Fsp3) is 0.682. The lowest BCUT2D eigenvalue weighted by Gasteiger charge is -2.26. The average Bonchev–Trinajstić information content (AvgIpc) is 3.25. The Balaban J connectivity index is 1.20. The van der Waals surface area contributed by atoms with Gasteiger partial charge in [0.2, 0.25) is 5.91 Å². The Morgan fingerprint density at radius 3 is 2.44 bits per heavy atom. The highest BCUT2D eigenvalue weighted by atomic mass is 16.1. The lowest BCUT2D eigenvalue weighted by molar-refractivity contribution is -0.122. The first-order chi connectivity index (χ1) is 12.3. The van der Waals surface area contributed by atoms with Crippen LogP contribution >= 0.6 is 0 Å². The highest BCUT2D eigenvalue weighted by Crippen LogP contribution is 2.49. The number of nitrogens with zero attached hydrogens (tertiary/aromatic N) is 1. The van der Waals surface area contributed by atoms with E-state index in [1.54, 1.807) is 0 Å². The second kappa shape index (κ2) is 7.90. The van der Waals surface area contributed by atoms with Crippen LogP contribution in [-0.2, 0) is 17.9 Å². The van der Waals surface area contributed by atoms with Crippen LogP contribution in [0.5, 0.6) is 0 Å². The van der Waals surface area contributed by atoms with E-state index in [1.165, 1.54) is 69.2 Å². The standard InChI is InChI=1S/C22H32N2O/c25-22(14-21-13-19-8-9-20(21)12-19)23-15-17-4-6-18(7-5-17)16-24-10-2-1-3-11-24/h4-7,19-21H,1-3,8-16H2,(H,23,25)/t19-,20-,21-/m1/s1. The summed E-state index contributed by atoms with van der Waals surface area (Å²) in [4.78, 5) is 14.8. The van der Waals surface area contributed by atoms with Crippen molar-refractivity contribution in [2.45, 2.75) is 64.5 Å². The van der Waals surface area contributed by atoms with Crippen molar-refractivity contribution in [3.05, 3.63) is 35.4 Å². The zero-order valence-corrected chi connectivity index (χ0v) is 15.4. The largest absolute Gasteiger partial charge is 0.352 e. The molecule has 2 aliphatic carbocycles. The minimum absolute atomic E-state index is 0.245. The number of rotatable bonds is 6. The number of fused-ring (bicyclic) bond motifs is 2. The van der Waals surface area contributed by atoms with Crippen LogP contribution in [0.3, 0.4) is 0 Å². The van der Waals surface area contributed by atoms with Gasteiger partial charge in [0.05, 0.1) is 0 Å². The second-order valence-electron chi connectivity index (χ2n) is 8.57. The fourth-order valence-corrected chi connectivity index (χ4v) is 5.28. The van der Waals surface area contributed by atoms with Crippen molar-refractivity contribution in [1.82, 2.24) is 10.2 Å². The molecule has 1 aliphatic heterocycles. The van der Waals surface area contributed by atoms with Crippen molar-refractivity contribution < 1.29 is 4.79 Å². The Kier molecular flexibility index (Phi) is 5.40. The van der Waals surface area contributed by atoms with Crippen molar-refractivity contribution in [2.24, 2.45) is 17.8 Å². The molecule has 1 aromatic rings. The first kappa shape index (κ1) is 17.1. The molecule has 136 valence electrons. The first-order valence-corrected chi connectivity index (χ1v) is 10.3. The third-order valence-corrected chi connectivity index (χ3v) is 6.70. The molecule has 0 aromatic heterocycles. The monoisotopic (exact) mass is 340 g/mol. The van der Waals surface area contributed by atoms with E-state index in [0.29, 0.717) is 12.5 Å². The van der Waals surface area contributed by atoms with Gasteiger partial charge in [-0.15, -0.1) is 0 Å². The third-order valence-electron chi connectivity index (χ3n) is 6.70. The molecule has 1 heterocycles. The van der Waals surface area contributed by atoms with Crippen LogP contribution in [0.15, 0.2) is 24.3 Å². The molecule has 0 unspecified atom stereocenters. The van der Waals surface area contributed by atoms with Gasteiger partial charge in [0, 0.05) is 19.5 Å². The van der Waals surface area contributed by atoms with E-state index in [2.05, 4.69) is 34.5 Å². The lowest BCUT2D eigenvalue weighted by Crippen LogP contribution is -2.29. The van der Waals surface area contributed by atoms with Gasteiger partial charge in [-0.3, -0.25) is 9.69 Å². The van der Waals surface area contributed by atoms with Crippen molar-refractivity contribution in [2.75, 3.05) is 13.1 Å². The van der Waals surface area contributed by atoms with Gasteiger partial charge in [0.1, 0.15) is 0 Å². The molecule has 3 heteroatoms. The van der Waals surface area contributed by atoms with E-state index >= 15 is 0 Å². The maximum atomic E-state index is 12.3. The van der Waals surface area contributed by atoms with E-state index in [0.717, 1.165) is 24.8 Å². The Hall–Kier alpha value is -1.35. The summed E-state index contributed by atoms with van der Waals surface area (Å²) in [6.45, 7) is 4.21. The molecule has 3 nitrogen and oxygen atoms in total. The molecule has 2 saturated carbocycles. The molecular formula is C22H32N2O. The van der Waals surface area contributed by atoms with Crippen molar-refractivity contribution in [3.63, 3.8) is 0 Å². The van der Waals surface area contributed by atoms with Gasteiger partial charge in [-0.05, 0) is 74.1 Å². The Morgan fingerprint density at radius 1 is 1.00 bits per heavy atom. The molecule has 1 saturated heterocycles. The SMILES string of the molecule is O=C(C[C@H]1C[C@@H]2CC[C@@H]1C2)NCc1ccc(CN2CCCCC2)cc1. The van der Waals surface area contributed by atoms with E-state index < -0.39 is 0 Å². The molecule has 3 aliphatic rings. The molecule has 1 amide bonds. The van der Waals surface area contributed by atoms with Crippen molar-refractivity contribution in [3.8, 4) is 0 Å². The zero-order chi connectivity index (χ0) is 17.1. The van der Waals surface area contributed by atoms with Crippen LogP contribution in [0, 0.1) is 17.8 Å². The maximum absolute atomic E-state index is 12.3. The van der Waals surface area contributed by atoms with Crippen LogP contribution < -0.4 is 5.32 Å². The number of amides is 1. The van der Waals surface area contributed by atoms with Crippen LogP contribution in [0.25, 0.3) is 0 Å². The van der Waals surface area contributed by atoms with Crippen molar-refractivity contribution in [1.29, 1.82) is 0 Å². The molecule has 3 fully saturated rings. The summed E-state index contributed by atoms with van der Waals surface area (Å²) in [5.41, 5.74) is 2.60.